The lowest BCUT2D eigenvalue weighted by molar-refractivity contribution is -0.0436. The molecule has 0 aliphatic rings. The molecule has 2 heterocycles. The number of halogens is 5. The molecule has 192 valence electrons. The van der Waals surface area contributed by atoms with E-state index in [-0.39, 0.29) is 22.3 Å². The molecule has 4 aromatic rings. The van der Waals surface area contributed by atoms with Crippen LogP contribution in [0.3, 0.4) is 0 Å². The number of rotatable bonds is 5. The summed E-state index contributed by atoms with van der Waals surface area (Å²) in [4.78, 5) is 38.9. The molecule has 0 saturated carbocycles. The van der Waals surface area contributed by atoms with Crippen LogP contribution in [0.5, 0.6) is 0 Å². The van der Waals surface area contributed by atoms with Crippen molar-refractivity contribution in [2.24, 2.45) is 0 Å². The van der Waals surface area contributed by atoms with Gasteiger partial charge in [-0.05, 0) is 42.5 Å². The maximum Gasteiger partial charge on any atom is 0.501 e. The Morgan fingerprint density at radius 2 is 1.57 bits per heavy atom. The van der Waals surface area contributed by atoms with Gasteiger partial charge >= 0.3 is 5.51 Å². The first-order chi connectivity index (χ1) is 17.3. The van der Waals surface area contributed by atoms with Gasteiger partial charge in [0, 0.05) is 23.5 Å². The highest BCUT2D eigenvalue weighted by Crippen LogP contribution is 2.30. The number of nitrogens with zero attached hydrogens (tertiary/aromatic N) is 1. The number of carbonyl (C=O) groups excluding carboxylic acids is 1. The van der Waals surface area contributed by atoms with Crippen molar-refractivity contribution in [3.8, 4) is 0 Å². The molecule has 14 heteroatoms. The molecule has 0 aliphatic carbocycles. The van der Waals surface area contributed by atoms with Gasteiger partial charge in [-0.1, -0.05) is 6.07 Å². The van der Waals surface area contributed by atoms with Gasteiger partial charge in [0.25, 0.3) is 15.7 Å². The molecule has 8 nitrogen and oxygen atoms in total. The second kappa shape index (κ2) is 9.28. The van der Waals surface area contributed by atoms with E-state index < -0.39 is 60.9 Å². The van der Waals surface area contributed by atoms with Crippen molar-refractivity contribution in [3.63, 3.8) is 0 Å². The summed E-state index contributed by atoms with van der Waals surface area (Å²) in [6.07, 6.45) is 1.01. The zero-order valence-electron chi connectivity index (χ0n) is 18.3. The van der Waals surface area contributed by atoms with Crippen molar-refractivity contribution in [1.82, 2.24) is 9.55 Å². The minimum Gasteiger partial charge on any atom is -0.341 e. The molecule has 2 aromatic heterocycles. The minimum absolute atomic E-state index is 0.0607. The summed E-state index contributed by atoms with van der Waals surface area (Å²) in [7, 11) is -5.61. The molecule has 0 bridgehead atoms. The highest BCUT2D eigenvalue weighted by molar-refractivity contribution is 7.92. The number of nitrogens with one attached hydrogen (secondary N) is 2. The number of fused-ring (bicyclic) bond motifs is 1. The molecule has 0 saturated heterocycles. The first-order valence-electron chi connectivity index (χ1n) is 10.2. The Balaban J connectivity index is 1.75. The van der Waals surface area contributed by atoms with Crippen LogP contribution in [0, 0.1) is 11.6 Å². The number of H-pyrrole nitrogens is 1. The van der Waals surface area contributed by atoms with Gasteiger partial charge in [0.1, 0.15) is 22.7 Å². The van der Waals surface area contributed by atoms with Crippen molar-refractivity contribution in [2.45, 2.75) is 16.9 Å². The standard InChI is InChI=1S/C23H14F5N3O5S/c24-16-2-1-3-17(25)14(16)10-31-11-15(21(33)20-18(31)8-9-19(32)30-20)22(34)29-12-4-6-13(7-5-12)37(35,36)23(26,27)28/h1-9,11H,10H2,(H,29,34)(H,30,32). The van der Waals surface area contributed by atoms with Gasteiger partial charge in [-0.25, -0.2) is 17.2 Å². The van der Waals surface area contributed by atoms with Crippen LogP contribution in [0.4, 0.5) is 27.6 Å². The first kappa shape index (κ1) is 25.8. The number of anilines is 1. The molecule has 2 aromatic carbocycles. The summed E-state index contributed by atoms with van der Waals surface area (Å²) < 4.78 is 90.9. The molecule has 0 spiro atoms. The van der Waals surface area contributed by atoms with Crippen LogP contribution in [-0.4, -0.2) is 29.4 Å². The van der Waals surface area contributed by atoms with Gasteiger partial charge in [-0.2, -0.15) is 13.2 Å². The van der Waals surface area contributed by atoms with Crippen LogP contribution < -0.4 is 16.3 Å². The molecule has 0 fully saturated rings. The monoisotopic (exact) mass is 539 g/mol. The predicted octanol–water partition coefficient (Wildman–Crippen LogP) is 3.56. The summed E-state index contributed by atoms with van der Waals surface area (Å²) >= 11 is 0. The predicted molar refractivity (Wildman–Crippen MR) is 122 cm³/mol. The maximum atomic E-state index is 14.3. The highest BCUT2D eigenvalue weighted by Gasteiger charge is 2.46. The number of amides is 1. The summed E-state index contributed by atoms with van der Waals surface area (Å²) in [6.45, 7) is -0.467. The fraction of sp³-hybridized carbons (Fsp3) is 0.0870. The number of pyridine rings is 2. The quantitative estimate of drug-likeness (QED) is 0.376. The first-order valence-corrected chi connectivity index (χ1v) is 11.7. The normalized spacial score (nSPS) is 12.0. The van der Waals surface area contributed by atoms with E-state index in [9.17, 15) is 44.8 Å². The lowest BCUT2D eigenvalue weighted by atomic mass is 10.1. The van der Waals surface area contributed by atoms with Crippen LogP contribution in [0.25, 0.3) is 11.0 Å². The smallest absolute Gasteiger partial charge is 0.341 e. The van der Waals surface area contributed by atoms with Crippen molar-refractivity contribution < 1.29 is 35.2 Å². The molecule has 1 amide bonds. The van der Waals surface area contributed by atoms with Gasteiger partial charge in [0.05, 0.1) is 17.0 Å². The van der Waals surface area contributed by atoms with Crippen LogP contribution in [-0.2, 0) is 16.4 Å². The molecule has 0 aliphatic heterocycles. The summed E-state index contributed by atoms with van der Waals surface area (Å²) in [5.74, 6) is -2.86. The number of hydrogen-bond acceptors (Lipinski definition) is 5. The van der Waals surface area contributed by atoms with E-state index in [0.717, 1.165) is 42.6 Å². The number of hydrogen-bond donors (Lipinski definition) is 2. The average Bonchev–Trinajstić information content (AvgIpc) is 2.82. The number of aromatic amines is 1. The molecule has 4 rings (SSSR count). The number of aromatic nitrogens is 2. The van der Waals surface area contributed by atoms with Crippen LogP contribution >= 0.6 is 0 Å². The molecular formula is C23H14F5N3O5S. The van der Waals surface area contributed by atoms with Crippen LogP contribution in [0.2, 0.25) is 0 Å². The minimum atomic E-state index is -5.61. The van der Waals surface area contributed by atoms with E-state index in [2.05, 4.69) is 10.3 Å². The third-order valence-corrected chi connectivity index (χ3v) is 6.83. The van der Waals surface area contributed by atoms with Gasteiger partial charge in [0.2, 0.25) is 11.0 Å². The molecular weight excluding hydrogens is 525 g/mol. The Hall–Kier alpha value is -4.33. The third kappa shape index (κ3) is 4.87. The Morgan fingerprint density at radius 1 is 0.946 bits per heavy atom. The molecule has 0 unspecified atom stereocenters. The van der Waals surface area contributed by atoms with Crippen LogP contribution in [0.15, 0.2) is 75.3 Å². The summed E-state index contributed by atoms with van der Waals surface area (Å²) in [5, 5.41) is 2.24. The van der Waals surface area contributed by atoms with E-state index in [0.29, 0.717) is 12.1 Å². The van der Waals surface area contributed by atoms with Gasteiger partial charge in [-0.15, -0.1) is 0 Å². The Bertz CT molecular complexity index is 1740. The average molecular weight is 539 g/mol. The van der Waals surface area contributed by atoms with E-state index in [1.54, 1.807) is 0 Å². The number of alkyl halides is 3. The van der Waals surface area contributed by atoms with Crippen molar-refractivity contribution in [3.05, 3.63) is 104 Å². The molecule has 2 N–H and O–H groups in total. The molecule has 0 radical (unpaired) electrons. The zero-order valence-corrected chi connectivity index (χ0v) is 19.1. The fourth-order valence-corrected chi connectivity index (χ4v) is 4.26. The van der Waals surface area contributed by atoms with Crippen molar-refractivity contribution >= 4 is 32.5 Å². The van der Waals surface area contributed by atoms with Gasteiger partial charge in [0.15, 0.2) is 0 Å². The molecule has 0 atom stereocenters. The van der Waals surface area contributed by atoms with Gasteiger partial charge in [-0.3, -0.25) is 14.4 Å². The number of carbonyl (C=O) groups is 1. The SMILES string of the molecule is O=C(Nc1ccc(S(=O)(=O)C(F)(F)F)cc1)c1cn(Cc2c(F)cccc2F)c2ccc(=O)[nH]c2c1=O. The zero-order chi connectivity index (χ0) is 27.1. The van der Waals surface area contributed by atoms with E-state index in [1.807, 2.05) is 0 Å². The van der Waals surface area contributed by atoms with E-state index >= 15 is 0 Å². The fourth-order valence-electron chi connectivity index (χ4n) is 3.49. The lowest BCUT2D eigenvalue weighted by Crippen LogP contribution is -2.26. The topological polar surface area (TPSA) is 118 Å². The van der Waals surface area contributed by atoms with Gasteiger partial charge < -0.3 is 14.9 Å². The third-order valence-electron chi connectivity index (χ3n) is 5.32. The van der Waals surface area contributed by atoms with Crippen molar-refractivity contribution in [1.29, 1.82) is 0 Å². The largest absolute Gasteiger partial charge is 0.501 e. The second-order valence-electron chi connectivity index (χ2n) is 7.71. The summed E-state index contributed by atoms with van der Waals surface area (Å²) in [6, 6.07) is 8.49. The highest BCUT2D eigenvalue weighted by atomic mass is 32.2. The van der Waals surface area contributed by atoms with E-state index in [4.69, 9.17) is 0 Å². The Labute approximate surface area is 203 Å². The Morgan fingerprint density at radius 3 is 2.16 bits per heavy atom. The Kier molecular flexibility index (Phi) is 6.46. The second-order valence-corrected chi connectivity index (χ2v) is 9.65. The lowest BCUT2D eigenvalue weighted by Gasteiger charge is -2.14. The number of sulfone groups is 1. The summed E-state index contributed by atoms with van der Waals surface area (Å²) in [5.41, 5.74) is -8.53. The van der Waals surface area contributed by atoms with Crippen LogP contribution in [0.1, 0.15) is 15.9 Å². The molecule has 37 heavy (non-hydrogen) atoms. The maximum absolute atomic E-state index is 14.3. The van der Waals surface area contributed by atoms with Crippen molar-refractivity contribution in [2.75, 3.05) is 5.32 Å². The number of benzene rings is 2. The van der Waals surface area contributed by atoms with E-state index in [1.165, 1.54) is 10.6 Å².